The average Bonchev–Trinajstić information content (AvgIpc) is 2.79. The molecule has 0 aliphatic carbocycles. The molecule has 19 heavy (non-hydrogen) atoms. The molecule has 0 aliphatic heterocycles. The summed E-state index contributed by atoms with van der Waals surface area (Å²) in [4.78, 5) is 16.2. The smallest absolute Gasteiger partial charge is 0.239 e. The minimum atomic E-state index is -0.175. The highest BCUT2D eigenvalue weighted by atomic mass is 79.9. The quantitative estimate of drug-likeness (QED) is 0.746. The van der Waals surface area contributed by atoms with E-state index in [0.717, 1.165) is 21.1 Å². The largest absolute Gasteiger partial charge is 0.301 e. The molecule has 1 heterocycles. The van der Waals surface area contributed by atoms with Gasteiger partial charge in [0.2, 0.25) is 5.91 Å². The van der Waals surface area contributed by atoms with Gasteiger partial charge in [0.1, 0.15) is 0 Å². The lowest BCUT2D eigenvalue weighted by Crippen LogP contribution is -2.21. The third-order valence-electron chi connectivity index (χ3n) is 3.00. The number of hydrogen-bond acceptors (Lipinski definition) is 3. The van der Waals surface area contributed by atoms with Crippen LogP contribution in [0.25, 0.3) is 10.2 Å². The van der Waals surface area contributed by atoms with E-state index in [2.05, 4.69) is 62.1 Å². The lowest BCUT2D eigenvalue weighted by atomic mass is 10.1. The van der Waals surface area contributed by atoms with Crippen molar-refractivity contribution in [3.63, 3.8) is 0 Å². The highest BCUT2D eigenvalue weighted by molar-refractivity contribution is 9.10. The molecule has 1 aromatic heterocycles. The highest BCUT2D eigenvalue weighted by Crippen LogP contribution is 2.35. The number of fused-ring (bicyclic) bond motifs is 1. The molecule has 1 N–H and O–H groups in total. The van der Waals surface area contributed by atoms with Gasteiger partial charge in [0.25, 0.3) is 0 Å². The second-order valence-electron chi connectivity index (χ2n) is 4.36. The summed E-state index contributed by atoms with van der Waals surface area (Å²) in [6.07, 6.45) is 0.749. The van der Waals surface area contributed by atoms with Crippen molar-refractivity contribution in [2.24, 2.45) is 0 Å². The second kappa shape index (κ2) is 5.89. The third-order valence-corrected chi connectivity index (χ3v) is 5.76. The molecule has 0 saturated heterocycles. The number of benzene rings is 1. The fraction of sp³-hybridized carbons (Fsp3) is 0.385. The first-order valence-electron chi connectivity index (χ1n) is 5.95. The Morgan fingerprint density at radius 1 is 1.53 bits per heavy atom. The van der Waals surface area contributed by atoms with Crippen LogP contribution in [0.15, 0.2) is 10.5 Å². The van der Waals surface area contributed by atoms with Gasteiger partial charge in [0.15, 0.2) is 5.13 Å². The Hall–Kier alpha value is -0.460. The van der Waals surface area contributed by atoms with Gasteiger partial charge in [-0.05, 0) is 53.4 Å². The van der Waals surface area contributed by atoms with Gasteiger partial charge in [0, 0.05) is 4.47 Å². The number of alkyl halides is 1. The predicted octanol–water partition coefficient (Wildman–Crippen LogP) is 4.79. The minimum absolute atomic E-state index is 0.0490. The number of nitrogens with one attached hydrogen (secondary N) is 1. The number of nitrogens with zero attached hydrogens (tertiary/aromatic N) is 1. The summed E-state index contributed by atoms with van der Waals surface area (Å²) >= 11 is 8.38. The first-order valence-corrected chi connectivity index (χ1v) is 8.47. The van der Waals surface area contributed by atoms with Gasteiger partial charge in [-0.2, -0.15) is 0 Å². The molecule has 0 aliphatic rings. The second-order valence-corrected chi connectivity index (χ2v) is 7.32. The van der Waals surface area contributed by atoms with Crippen molar-refractivity contribution in [2.75, 3.05) is 5.32 Å². The molecule has 0 spiro atoms. The number of carbonyl (C=O) groups excluding carboxylic acids is 1. The van der Waals surface area contributed by atoms with Crippen LogP contribution < -0.4 is 5.32 Å². The Kier molecular flexibility index (Phi) is 4.63. The molecule has 1 amide bonds. The monoisotopic (exact) mass is 404 g/mol. The zero-order chi connectivity index (χ0) is 14.2. The molecule has 0 saturated carbocycles. The number of amides is 1. The van der Waals surface area contributed by atoms with Crippen LogP contribution in [0.3, 0.4) is 0 Å². The Morgan fingerprint density at radius 2 is 2.21 bits per heavy atom. The fourth-order valence-corrected chi connectivity index (χ4v) is 3.63. The van der Waals surface area contributed by atoms with Crippen molar-refractivity contribution in [3.8, 4) is 0 Å². The van der Waals surface area contributed by atoms with Gasteiger partial charge >= 0.3 is 0 Å². The molecule has 1 aromatic carbocycles. The van der Waals surface area contributed by atoms with Crippen LogP contribution in [-0.2, 0) is 4.79 Å². The van der Waals surface area contributed by atoms with Gasteiger partial charge in [0.05, 0.1) is 15.0 Å². The van der Waals surface area contributed by atoms with E-state index in [9.17, 15) is 4.79 Å². The van der Waals surface area contributed by atoms with Gasteiger partial charge < -0.3 is 5.32 Å². The number of anilines is 1. The standard InChI is InChI=1S/C13H14Br2N2OS/c1-4-8(14)12(18)17-13-16-10-9(15)5-6(2)7(3)11(10)19-13/h5,8H,4H2,1-3H3,(H,16,17,18). The van der Waals surface area contributed by atoms with Crippen LogP contribution in [0.1, 0.15) is 24.5 Å². The van der Waals surface area contributed by atoms with Gasteiger partial charge in [-0.1, -0.05) is 34.2 Å². The maximum Gasteiger partial charge on any atom is 0.239 e. The van der Waals surface area contributed by atoms with E-state index in [1.54, 1.807) is 0 Å². The first kappa shape index (κ1) is 14.9. The van der Waals surface area contributed by atoms with Crippen molar-refractivity contribution in [3.05, 3.63) is 21.7 Å². The molecule has 2 aromatic rings. The lowest BCUT2D eigenvalue weighted by molar-refractivity contribution is -0.115. The number of hydrogen-bond donors (Lipinski definition) is 1. The Morgan fingerprint density at radius 3 is 2.84 bits per heavy atom. The van der Waals surface area contributed by atoms with Crippen LogP contribution in [0, 0.1) is 13.8 Å². The number of thiazole rings is 1. The van der Waals surface area contributed by atoms with Crippen LogP contribution in [0.4, 0.5) is 5.13 Å². The maximum atomic E-state index is 11.9. The Labute approximate surface area is 133 Å². The molecule has 2 rings (SSSR count). The number of rotatable bonds is 3. The summed E-state index contributed by atoms with van der Waals surface area (Å²) in [5, 5.41) is 3.50. The van der Waals surface area contributed by atoms with E-state index in [1.807, 2.05) is 6.92 Å². The highest BCUT2D eigenvalue weighted by Gasteiger charge is 2.16. The third kappa shape index (κ3) is 3.01. The van der Waals surface area contributed by atoms with Crippen molar-refractivity contribution in [2.45, 2.75) is 32.0 Å². The summed E-state index contributed by atoms with van der Waals surface area (Å²) in [5.41, 5.74) is 3.33. The van der Waals surface area contributed by atoms with Crippen LogP contribution >= 0.6 is 43.2 Å². The molecule has 1 atom stereocenters. The summed E-state index contributed by atoms with van der Waals surface area (Å²) < 4.78 is 2.08. The molecular formula is C13H14Br2N2OS. The maximum absolute atomic E-state index is 11.9. The van der Waals surface area contributed by atoms with Gasteiger partial charge in [-0.25, -0.2) is 4.98 Å². The lowest BCUT2D eigenvalue weighted by Gasteiger charge is -2.04. The topological polar surface area (TPSA) is 42.0 Å². The Balaban J connectivity index is 2.40. The summed E-state index contributed by atoms with van der Waals surface area (Å²) in [7, 11) is 0. The average molecular weight is 406 g/mol. The fourth-order valence-electron chi connectivity index (χ4n) is 1.70. The summed E-state index contributed by atoms with van der Waals surface area (Å²) in [6.45, 7) is 6.11. The molecular weight excluding hydrogens is 392 g/mol. The number of aromatic nitrogens is 1. The Bertz CT molecular complexity index is 639. The molecule has 0 bridgehead atoms. The summed E-state index contributed by atoms with van der Waals surface area (Å²) in [6, 6.07) is 2.06. The minimum Gasteiger partial charge on any atom is -0.301 e. The van der Waals surface area contributed by atoms with Crippen LogP contribution in [-0.4, -0.2) is 15.7 Å². The SMILES string of the molecule is CCC(Br)C(=O)Nc1nc2c(Br)cc(C)c(C)c2s1. The normalized spacial score (nSPS) is 12.7. The van der Waals surface area contributed by atoms with Gasteiger partial charge in [-0.3, -0.25) is 4.79 Å². The number of aryl methyl sites for hydroxylation is 2. The van der Waals surface area contributed by atoms with E-state index in [0.29, 0.717) is 5.13 Å². The molecule has 0 radical (unpaired) electrons. The molecule has 0 fully saturated rings. The predicted molar refractivity (Wildman–Crippen MR) is 88.4 cm³/mol. The van der Waals surface area contributed by atoms with E-state index in [4.69, 9.17) is 0 Å². The van der Waals surface area contributed by atoms with E-state index >= 15 is 0 Å². The first-order chi connectivity index (χ1) is 8.93. The van der Waals surface area contributed by atoms with Crippen LogP contribution in [0.2, 0.25) is 0 Å². The van der Waals surface area contributed by atoms with Crippen molar-refractivity contribution < 1.29 is 4.79 Å². The molecule has 1 unspecified atom stereocenters. The van der Waals surface area contributed by atoms with Crippen molar-refractivity contribution >= 4 is 64.5 Å². The zero-order valence-electron chi connectivity index (χ0n) is 10.9. The number of carbonyl (C=O) groups is 1. The van der Waals surface area contributed by atoms with E-state index < -0.39 is 0 Å². The number of halogens is 2. The molecule has 6 heteroatoms. The summed E-state index contributed by atoms with van der Waals surface area (Å²) in [5.74, 6) is -0.0490. The van der Waals surface area contributed by atoms with Gasteiger partial charge in [-0.15, -0.1) is 0 Å². The molecule has 3 nitrogen and oxygen atoms in total. The van der Waals surface area contributed by atoms with E-state index in [1.165, 1.54) is 22.5 Å². The van der Waals surface area contributed by atoms with Crippen molar-refractivity contribution in [1.82, 2.24) is 4.98 Å². The zero-order valence-corrected chi connectivity index (χ0v) is 14.9. The van der Waals surface area contributed by atoms with Crippen molar-refractivity contribution in [1.29, 1.82) is 0 Å². The van der Waals surface area contributed by atoms with E-state index in [-0.39, 0.29) is 10.7 Å². The van der Waals surface area contributed by atoms with Crippen LogP contribution in [0.5, 0.6) is 0 Å². The molecule has 102 valence electrons.